The van der Waals surface area contributed by atoms with Crippen LogP contribution in [0.25, 0.3) is 0 Å². The molecule has 1 N–H and O–H groups in total. The second kappa shape index (κ2) is 6.27. The number of alkyl halides is 1. The van der Waals surface area contributed by atoms with E-state index in [2.05, 4.69) is 4.99 Å². The van der Waals surface area contributed by atoms with Crippen LogP contribution >= 0.6 is 11.8 Å². The summed E-state index contributed by atoms with van der Waals surface area (Å²) in [4.78, 5) is 17.7. The van der Waals surface area contributed by atoms with Gasteiger partial charge in [-0.3, -0.25) is 4.90 Å². The normalized spacial score (nSPS) is 29.1. The van der Waals surface area contributed by atoms with Crippen LogP contribution in [-0.2, 0) is 5.54 Å². The van der Waals surface area contributed by atoms with E-state index in [1.165, 1.54) is 22.7 Å². The molecule has 0 bridgehead atoms. The maximum absolute atomic E-state index is 14.5. The van der Waals surface area contributed by atoms with Gasteiger partial charge in [-0.2, -0.15) is 0 Å². The van der Waals surface area contributed by atoms with Gasteiger partial charge in [0.15, 0.2) is 5.17 Å². The number of hydrogen-bond donors (Lipinski definition) is 1. The second-order valence-electron chi connectivity index (χ2n) is 7.63. The first-order chi connectivity index (χ1) is 11.6. The van der Waals surface area contributed by atoms with Crippen LogP contribution in [0.4, 0.5) is 13.6 Å². The topological polar surface area (TPSA) is 52.9 Å². The van der Waals surface area contributed by atoms with Crippen LogP contribution in [0.3, 0.4) is 0 Å². The van der Waals surface area contributed by atoms with Crippen molar-refractivity contribution >= 4 is 23.0 Å². The van der Waals surface area contributed by atoms with Gasteiger partial charge < -0.3 is 5.11 Å². The molecule has 7 heteroatoms. The number of fused-ring (bicyclic) bond motifs is 1. The van der Waals surface area contributed by atoms with E-state index in [9.17, 15) is 18.7 Å². The lowest BCUT2D eigenvalue weighted by Crippen LogP contribution is -2.50. The number of hydrogen-bond acceptors (Lipinski definition) is 3. The van der Waals surface area contributed by atoms with E-state index in [1.807, 2.05) is 0 Å². The van der Waals surface area contributed by atoms with E-state index >= 15 is 0 Å². The Kier molecular flexibility index (Phi) is 4.56. The number of aliphatic imine (C=N–C) groups is 1. The highest BCUT2D eigenvalue weighted by atomic mass is 32.2. The van der Waals surface area contributed by atoms with Crippen LogP contribution in [0.5, 0.6) is 0 Å². The predicted octanol–water partition coefficient (Wildman–Crippen LogP) is 4.65. The van der Waals surface area contributed by atoms with Gasteiger partial charge in [0.05, 0.1) is 5.54 Å². The van der Waals surface area contributed by atoms with Crippen molar-refractivity contribution in [3.63, 3.8) is 0 Å². The third-order valence-corrected chi connectivity index (χ3v) is 5.95. The summed E-state index contributed by atoms with van der Waals surface area (Å²) in [6.45, 7) is 5.33. The number of carboxylic acid groups (broad SMARTS) is 1. The zero-order chi connectivity index (χ0) is 18.4. The molecule has 0 aromatic heterocycles. The zero-order valence-electron chi connectivity index (χ0n) is 14.5. The van der Waals surface area contributed by atoms with E-state index in [0.29, 0.717) is 22.9 Å². The molecule has 1 amide bonds. The van der Waals surface area contributed by atoms with Crippen molar-refractivity contribution in [3.8, 4) is 0 Å². The lowest BCUT2D eigenvalue weighted by molar-refractivity contribution is 0.141. The summed E-state index contributed by atoms with van der Waals surface area (Å²) in [6.07, 6.45) is -1.78. The molecule has 1 aliphatic carbocycles. The first-order valence-electron chi connectivity index (χ1n) is 8.30. The Morgan fingerprint density at radius 1 is 1.40 bits per heavy atom. The Bertz CT molecular complexity index is 719. The zero-order valence-corrected chi connectivity index (χ0v) is 15.3. The molecule has 2 aliphatic rings. The number of thioether (sulfide) groups is 1. The van der Waals surface area contributed by atoms with Crippen molar-refractivity contribution in [2.45, 2.75) is 50.9 Å². The molecule has 1 aromatic carbocycles. The summed E-state index contributed by atoms with van der Waals surface area (Å²) >= 11 is 1.31. The fourth-order valence-corrected chi connectivity index (χ4v) is 5.26. The molecule has 25 heavy (non-hydrogen) atoms. The lowest BCUT2D eigenvalue weighted by Gasteiger charge is -2.41. The molecule has 0 radical (unpaired) electrons. The average molecular weight is 368 g/mol. The van der Waals surface area contributed by atoms with Gasteiger partial charge in [-0.1, -0.05) is 30.0 Å². The third kappa shape index (κ3) is 3.14. The average Bonchev–Trinajstić information content (AvgIpc) is 2.82. The van der Waals surface area contributed by atoms with Crippen molar-refractivity contribution in [1.29, 1.82) is 0 Å². The molecule has 3 rings (SSSR count). The van der Waals surface area contributed by atoms with Gasteiger partial charge in [0.2, 0.25) is 0 Å². The Hall–Kier alpha value is -1.63. The SMILES string of the molecule is CC(C)(C)N(C(=O)O)C1=N[C@@]2(c3ccccc3F)C[C@H](F)C[C@H]2CS1. The van der Waals surface area contributed by atoms with Crippen LogP contribution in [0.15, 0.2) is 29.3 Å². The molecule has 1 heterocycles. The van der Waals surface area contributed by atoms with Gasteiger partial charge in [0.25, 0.3) is 0 Å². The van der Waals surface area contributed by atoms with Crippen LogP contribution in [0.1, 0.15) is 39.2 Å². The highest BCUT2D eigenvalue weighted by molar-refractivity contribution is 8.13. The standard InChI is InChI=1S/C18H22F2N2O2S/c1-17(2,3)22(16(23)24)15-21-18(13-6-4-5-7-14(13)20)9-12(19)8-11(18)10-25-15/h4-7,11-12H,8-10H2,1-3H3,(H,23,24)/t11-,12+,18-/m0/s1. The Morgan fingerprint density at radius 3 is 2.68 bits per heavy atom. The minimum Gasteiger partial charge on any atom is -0.465 e. The van der Waals surface area contributed by atoms with Crippen molar-refractivity contribution in [2.75, 3.05) is 5.75 Å². The number of halogens is 2. The number of amides is 1. The lowest BCUT2D eigenvalue weighted by atomic mass is 9.81. The number of rotatable bonds is 1. The first kappa shape index (κ1) is 18.2. The molecule has 1 aromatic rings. The molecular weight excluding hydrogens is 346 g/mol. The molecule has 4 nitrogen and oxygen atoms in total. The van der Waals surface area contributed by atoms with E-state index in [-0.39, 0.29) is 12.3 Å². The summed E-state index contributed by atoms with van der Waals surface area (Å²) < 4.78 is 28.8. The van der Waals surface area contributed by atoms with Gasteiger partial charge >= 0.3 is 6.09 Å². The van der Waals surface area contributed by atoms with Gasteiger partial charge in [0, 0.05) is 29.2 Å². The van der Waals surface area contributed by atoms with E-state index < -0.39 is 29.2 Å². The van der Waals surface area contributed by atoms with Gasteiger partial charge in [0.1, 0.15) is 12.0 Å². The molecule has 3 atom stereocenters. The summed E-state index contributed by atoms with van der Waals surface area (Å²) in [5.74, 6) is -0.0500. The molecule has 1 saturated carbocycles. The highest BCUT2D eigenvalue weighted by Crippen LogP contribution is 2.53. The molecule has 0 saturated heterocycles. The number of nitrogens with zero attached hydrogens (tertiary/aromatic N) is 2. The fourth-order valence-electron chi connectivity index (χ4n) is 3.78. The number of benzene rings is 1. The fraction of sp³-hybridized carbons (Fsp3) is 0.556. The quantitative estimate of drug-likeness (QED) is 0.785. The van der Waals surface area contributed by atoms with Gasteiger partial charge in [-0.05, 0) is 33.3 Å². The number of carbonyl (C=O) groups is 1. The Labute approximate surface area is 150 Å². The molecule has 136 valence electrons. The Balaban J connectivity index is 2.15. The van der Waals surface area contributed by atoms with Crippen LogP contribution in [0, 0.1) is 11.7 Å². The van der Waals surface area contributed by atoms with E-state index in [1.54, 1.807) is 39.0 Å². The minimum absolute atomic E-state index is 0.0836. The molecule has 0 spiro atoms. The molecule has 0 unspecified atom stereocenters. The van der Waals surface area contributed by atoms with Crippen molar-refractivity contribution in [1.82, 2.24) is 4.90 Å². The predicted molar refractivity (Wildman–Crippen MR) is 95.2 cm³/mol. The van der Waals surface area contributed by atoms with Crippen LogP contribution in [-0.4, -0.2) is 38.7 Å². The largest absolute Gasteiger partial charge is 0.465 e. The second-order valence-corrected chi connectivity index (χ2v) is 8.62. The molecule has 1 fully saturated rings. The minimum atomic E-state index is -1.12. The van der Waals surface area contributed by atoms with Crippen molar-refractivity contribution < 1.29 is 18.7 Å². The summed E-state index contributed by atoms with van der Waals surface area (Å²) in [5, 5.41) is 9.96. The Morgan fingerprint density at radius 2 is 2.08 bits per heavy atom. The maximum Gasteiger partial charge on any atom is 0.413 e. The summed E-state index contributed by atoms with van der Waals surface area (Å²) in [6, 6.07) is 6.29. The van der Waals surface area contributed by atoms with Gasteiger partial charge in [-0.15, -0.1) is 0 Å². The van der Waals surface area contributed by atoms with Crippen LogP contribution < -0.4 is 0 Å². The number of amidine groups is 1. The smallest absolute Gasteiger partial charge is 0.413 e. The van der Waals surface area contributed by atoms with Gasteiger partial charge in [-0.25, -0.2) is 18.6 Å². The maximum atomic E-state index is 14.5. The van der Waals surface area contributed by atoms with E-state index in [0.717, 1.165) is 0 Å². The van der Waals surface area contributed by atoms with Crippen LogP contribution in [0.2, 0.25) is 0 Å². The first-order valence-corrected chi connectivity index (χ1v) is 9.28. The molecular formula is C18H22F2N2O2S. The third-order valence-electron chi connectivity index (χ3n) is 4.85. The highest BCUT2D eigenvalue weighted by Gasteiger charge is 2.53. The monoisotopic (exact) mass is 368 g/mol. The summed E-state index contributed by atoms with van der Waals surface area (Å²) in [5.41, 5.74) is -1.38. The van der Waals surface area contributed by atoms with E-state index in [4.69, 9.17) is 0 Å². The summed E-state index contributed by atoms with van der Waals surface area (Å²) in [7, 11) is 0. The van der Waals surface area contributed by atoms with Crippen molar-refractivity contribution in [3.05, 3.63) is 35.6 Å². The van der Waals surface area contributed by atoms with Crippen molar-refractivity contribution in [2.24, 2.45) is 10.9 Å². The molecule has 1 aliphatic heterocycles.